The van der Waals surface area contributed by atoms with E-state index in [-0.39, 0.29) is 11.8 Å². The van der Waals surface area contributed by atoms with Gasteiger partial charge in [-0.2, -0.15) is 0 Å². The van der Waals surface area contributed by atoms with Gasteiger partial charge in [0.2, 0.25) is 5.91 Å². The molecule has 0 saturated carbocycles. The van der Waals surface area contributed by atoms with Crippen LogP contribution in [-0.4, -0.2) is 30.8 Å². The van der Waals surface area contributed by atoms with Crippen LogP contribution in [0.25, 0.3) is 0 Å². The van der Waals surface area contributed by atoms with Gasteiger partial charge in [-0.25, -0.2) is 0 Å². The quantitative estimate of drug-likeness (QED) is 0.586. The second kappa shape index (κ2) is 8.08. The zero-order valence-corrected chi connectivity index (χ0v) is 10.9. The van der Waals surface area contributed by atoms with Gasteiger partial charge in [0, 0.05) is 25.4 Å². The predicted octanol–water partition coefficient (Wildman–Crippen LogP) is 1.61. The van der Waals surface area contributed by atoms with Crippen LogP contribution in [0.15, 0.2) is 17.5 Å². The largest absolute Gasteiger partial charge is 0.354 e. The number of hydrogen-bond acceptors (Lipinski definition) is 3. The maximum absolute atomic E-state index is 11.5. The smallest absolute Gasteiger partial charge is 0.261 e. The Bertz CT molecular complexity index is 354. The summed E-state index contributed by atoms with van der Waals surface area (Å²) in [4.78, 5) is 23.4. The van der Waals surface area contributed by atoms with E-state index in [9.17, 15) is 9.59 Å². The van der Waals surface area contributed by atoms with Crippen molar-refractivity contribution in [2.24, 2.45) is 0 Å². The Hall–Kier alpha value is -1.07. The van der Waals surface area contributed by atoms with Crippen molar-refractivity contribution in [1.29, 1.82) is 0 Å². The highest BCUT2D eigenvalue weighted by atomic mass is 35.5. The zero-order chi connectivity index (χ0) is 12.5. The van der Waals surface area contributed by atoms with E-state index in [4.69, 9.17) is 11.6 Å². The van der Waals surface area contributed by atoms with E-state index in [0.29, 0.717) is 36.7 Å². The normalized spacial score (nSPS) is 9.94. The number of halogens is 1. The molecule has 2 amide bonds. The standard InChI is InChI=1S/C11H15ClN2O2S/c12-5-1-4-10(15)13-6-7-14-11(16)9-3-2-8-17-9/h2-3,8H,1,4-7H2,(H,13,15)(H,14,16). The molecule has 0 aliphatic carbocycles. The molecular weight excluding hydrogens is 260 g/mol. The molecule has 2 N–H and O–H groups in total. The third-order valence-corrected chi connectivity index (χ3v) is 3.15. The molecule has 0 radical (unpaired) electrons. The molecule has 0 aliphatic rings. The number of carbonyl (C=O) groups is 2. The Kier molecular flexibility index (Phi) is 6.65. The minimum absolute atomic E-state index is 0.0315. The van der Waals surface area contributed by atoms with Crippen LogP contribution in [0.1, 0.15) is 22.5 Å². The van der Waals surface area contributed by atoms with Crippen molar-refractivity contribution in [1.82, 2.24) is 10.6 Å². The third kappa shape index (κ3) is 5.70. The van der Waals surface area contributed by atoms with E-state index in [1.54, 1.807) is 6.07 Å². The zero-order valence-electron chi connectivity index (χ0n) is 9.37. The van der Waals surface area contributed by atoms with E-state index in [2.05, 4.69) is 10.6 Å². The first-order chi connectivity index (χ1) is 8.24. The lowest BCUT2D eigenvalue weighted by atomic mass is 10.3. The first kappa shape index (κ1) is 14.0. The Labute approximate surface area is 109 Å². The molecular formula is C11H15ClN2O2S. The molecule has 0 bridgehead atoms. The summed E-state index contributed by atoms with van der Waals surface area (Å²) in [7, 11) is 0. The summed E-state index contributed by atoms with van der Waals surface area (Å²) in [6, 6.07) is 3.59. The van der Waals surface area contributed by atoms with E-state index in [1.165, 1.54) is 11.3 Å². The van der Waals surface area contributed by atoms with Gasteiger partial charge in [0.15, 0.2) is 0 Å². The molecule has 0 saturated heterocycles. The van der Waals surface area contributed by atoms with E-state index >= 15 is 0 Å². The summed E-state index contributed by atoms with van der Waals surface area (Å²) in [6.07, 6.45) is 1.11. The number of nitrogens with one attached hydrogen (secondary N) is 2. The summed E-state index contributed by atoms with van der Waals surface area (Å²) in [5, 5.41) is 7.29. The van der Waals surface area contributed by atoms with E-state index in [0.717, 1.165) is 0 Å². The minimum Gasteiger partial charge on any atom is -0.354 e. The molecule has 94 valence electrons. The fourth-order valence-electron chi connectivity index (χ4n) is 1.19. The van der Waals surface area contributed by atoms with Gasteiger partial charge in [-0.15, -0.1) is 22.9 Å². The van der Waals surface area contributed by atoms with Crippen molar-refractivity contribution in [3.05, 3.63) is 22.4 Å². The Morgan fingerprint density at radius 3 is 2.71 bits per heavy atom. The second-order valence-corrected chi connectivity index (χ2v) is 4.70. The van der Waals surface area contributed by atoms with E-state index < -0.39 is 0 Å². The van der Waals surface area contributed by atoms with Crippen molar-refractivity contribution < 1.29 is 9.59 Å². The van der Waals surface area contributed by atoms with Crippen LogP contribution >= 0.6 is 22.9 Å². The van der Waals surface area contributed by atoms with E-state index in [1.807, 2.05) is 11.4 Å². The maximum Gasteiger partial charge on any atom is 0.261 e. The number of rotatable bonds is 7. The molecule has 0 fully saturated rings. The number of thiophene rings is 1. The summed E-state index contributed by atoms with van der Waals surface area (Å²) in [5.41, 5.74) is 0. The average molecular weight is 275 g/mol. The Morgan fingerprint density at radius 1 is 1.29 bits per heavy atom. The fourth-order valence-corrected chi connectivity index (χ4v) is 1.96. The molecule has 1 heterocycles. The van der Waals surface area contributed by atoms with Crippen molar-refractivity contribution in [3.63, 3.8) is 0 Å². The van der Waals surface area contributed by atoms with Crippen LogP contribution < -0.4 is 10.6 Å². The minimum atomic E-state index is -0.102. The summed E-state index contributed by atoms with van der Waals surface area (Å²) in [6.45, 7) is 0.877. The molecule has 1 aromatic heterocycles. The SMILES string of the molecule is O=C(CCCCl)NCCNC(=O)c1cccs1. The third-order valence-electron chi connectivity index (χ3n) is 2.02. The molecule has 0 spiro atoms. The molecule has 0 unspecified atom stereocenters. The molecule has 0 aromatic carbocycles. The van der Waals surface area contributed by atoms with Gasteiger partial charge in [-0.1, -0.05) is 6.07 Å². The van der Waals surface area contributed by atoms with Crippen LogP contribution in [0.5, 0.6) is 0 Å². The van der Waals surface area contributed by atoms with Crippen molar-refractivity contribution in [2.75, 3.05) is 19.0 Å². The molecule has 0 aliphatic heterocycles. The maximum atomic E-state index is 11.5. The first-order valence-corrected chi connectivity index (χ1v) is 6.80. The van der Waals surface area contributed by atoms with Gasteiger partial charge >= 0.3 is 0 Å². The number of amides is 2. The van der Waals surface area contributed by atoms with Crippen LogP contribution in [-0.2, 0) is 4.79 Å². The lowest BCUT2D eigenvalue weighted by molar-refractivity contribution is -0.121. The van der Waals surface area contributed by atoms with Crippen LogP contribution in [0, 0.1) is 0 Å². The predicted molar refractivity (Wildman–Crippen MR) is 69.6 cm³/mol. The van der Waals surface area contributed by atoms with Crippen molar-refractivity contribution >= 4 is 34.8 Å². The topological polar surface area (TPSA) is 58.2 Å². The van der Waals surface area contributed by atoms with Gasteiger partial charge in [-0.3, -0.25) is 9.59 Å². The van der Waals surface area contributed by atoms with Gasteiger partial charge in [-0.05, 0) is 17.9 Å². The highest BCUT2D eigenvalue weighted by Crippen LogP contribution is 2.07. The molecule has 4 nitrogen and oxygen atoms in total. The average Bonchev–Trinajstić information content (AvgIpc) is 2.85. The van der Waals surface area contributed by atoms with Gasteiger partial charge in [0.05, 0.1) is 4.88 Å². The van der Waals surface area contributed by atoms with Gasteiger partial charge < -0.3 is 10.6 Å². The van der Waals surface area contributed by atoms with Crippen LogP contribution in [0.4, 0.5) is 0 Å². The van der Waals surface area contributed by atoms with Crippen molar-refractivity contribution in [3.8, 4) is 0 Å². The lowest BCUT2D eigenvalue weighted by Gasteiger charge is -2.05. The van der Waals surface area contributed by atoms with Crippen LogP contribution in [0.3, 0.4) is 0 Å². The lowest BCUT2D eigenvalue weighted by Crippen LogP contribution is -2.34. The summed E-state index contributed by atoms with van der Waals surface area (Å²) < 4.78 is 0. The molecule has 17 heavy (non-hydrogen) atoms. The number of carbonyl (C=O) groups excluding carboxylic acids is 2. The highest BCUT2D eigenvalue weighted by molar-refractivity contribution is 7.12. The molecule has 0 atom stereocenters. The summed E-state index contributed by atoms with van der Waals surface area (Å²) >= 11 is 6.86. The van der Waals surface area contributed by atoms with Crippen molar-refractivity contribution in [2.45, 2.75) is 12.8 Å². The van der Waals surface area contributed by atoms with Gasteiger partial charge in [0.25, 0.3) is 5.91 Å². The Morgan fingerprint density at radius 2 is 2.06 bits per heavy atom. The fraction of sp³-hybridized carbons (Fsp3) is 0.455. The molecule has 1 rings (SSSR count). The molecule has 6 heteroatoms. The first-order valence-electron chi connectivity index (χ1n) is 5.38. The highest BCUT2D eigenvalue weighted by Gasteiger charge is 2.05. The molecule has 1 aromatic rings. The Balaban J connectivity index is 2.08. The van der Waals surface area contributed by atoms with Gasteiger partial charge in [0.1, 0.15) is 0 Å². The number of hydrogen-bond donors (Lipinski definition) is 2. The summed E-state index contributed by atoms with van der Waals surface area (Å²) in [5.74, 6) is 0.355. The number of alkyl halides is 1. The second-order valence-electron chi connectivity index (χ2n) is 3.38. The van der Waals surface area contributed by atoms with Crippen LogP contribution in [0.2, 0.25) is 0 Å². The monoisotopic (exact) mass is 274 g/mol.